The SMILES string of the molecule is C[C@@H](O)C1C(=O)N2C(C(=O)O)=C(S[C@H]3C[C@@H](C(=O)Nc4cccc(C(=O)O)c4)N(C(=O)[C@@H]([C@@H]4NC(C(=O)O)=C(S[C@@H]5CN[C@H](C(=O)Nc6cccc(C(=O)O)c6)C5)[C@@H]4C)[C@@H](C)O)C3)[C@H](C)[C@H]12. The number of aliphatic hydroxyl groups excluding tert-OH is 2. The molecule has 5 aliphatic rings. The monoisotopic (exact) mass is 950 g/mol. The van der Waals surface area contributed by atoms with Crippen molar-refractivity contribution in [2.24, 2.45) is 23.7 Å². The van der Waals surface area contributed by atoms with E-state index in [1.54, 1.807) is 19.9 Å². The van der Waals surface area contributed by atoms with E-state index in [0.29, 0.717) is 16.4 Å². The summed E-state index contributed by atoms with van der Waals surface area (Å²) in [6, 6.07) is 7.69. The standard InChI is InChI=1S/C44H50N6O14S2/c1-17-31(48-32(43(61)62)35(17)65-25-13-27(45-15-25)37(53)46-23-9-5-7-21(11-23)41(57)58)29(19(3)51)39(55)49-16-26(14-28(49)38(54)47-24-10-6-8-22(12-24)42(59)60)66-36-18(2)33-30(20(4)52)40(56)50(33)34(36)44(63)64/h5-12,17-20,25-31,33,45,48,51-52H,13-16H2,1-4H3,(H,46,53)(H,47,54)(H,57,58)(H,59,60)(H,61,62)(H,63,64)/t17-,18-,19-,20-,25+,26+,27+,28+,29-,30?,31-,33-/m1/s1. The maximum absolute atomic E-state index is 15.0. The second-order valence-corrected chi connectivity index (χ2v) is 19.9. The van der Waals surface area contributed by atoms with Crippen molar-refractivity contribution in [2.75, 3.05) is 23.7 Å². The lowest BCUT2D eigenvalue weighted by Crippen LogP contribution is -2.63. The molecule has 5 heterocycles. The van der Waals surface area contributed by atoms with Gasteiger partial charge >= 0.3 is 23.9 Å². The van der Waals surface area contributed by atoms with Crippen LogP contribution in [0.2, 0.25) is 0 Å². The zero-order valence-corrected chi connectivity index (χ0v) is 37.7. The normalized spacial score (nSPS) is 28.3. The fraction of sp³-hybridized carbons (Fsp3) is 0.455. The van der Waals surface area contributed by atoms with Crippen LogP contribution >= 0.6 is 23.5 Å². The highest BCUT2D eigenvalue weighted by atomic mass is 32.2. The first-order valence-electron chi connectivity index (χ1n) is 21.2. The number of nitrogens with one attached hydrogen (secondary N) is 4. The molecule has 10 N–H and O–H groups in total. The van der Waals surface area contributed by atoms with Crippen LogP contribution in [0.4, 0.5) is 11.4 Å². The number of hydrogen-bond acceptors (Lipinski definition) is 14. The number of amides is 4. The number of carbonyl (C=O) groups excluding carboxylic acids is 4. The third-order valence-corrected chi connectivity index (χ3v) is 15.8. The molecule has 22 heteroatoms. The first-order chi connectivity index (χ1) is 31.2. The predicted octanol–water partition coefficient (Wildman–Crippen LogP) is 1.88. The molecule has 4 amide bonds. The predicted molar refractivity (Wildman–Crippen MR) is 239 cm³/mol. The highest BCUT2D eigenvalue weighted by Gasteiger charge is 2.60. The Kier molecular flexibility index (Phi) is 13.9. The van der Waals surface area contributed by atoms with Crippen LogP contribution in [-0.4, -0.2) is 148 Å². The van der Waals surface area contributed by atoms with Gasteiger partial charge in [0, 0.05) is 62.7 Å². The fourth-order valence-electron chi connectivity index (χ4n) is 9.66. The number of anilines is 2. The summed E-state index contributed by atoms with van der Waals surface area (Å²) < 4.78 is 0. The minimum absolute atomic E-state index is 0.00726. The molecular formula is C44H50N6O14S2. The maximum Gasteiger partial charge on any atom is 0.353 e. The van der Waals surface area contributed by atoms with Crippen molar-refractivity contribution < 1.29 is 69.0 Å². The topological polar surface area (TPSA) is 313 Å². The van der Waals surface area contributed by atoms with Gasteiger partial charge in [0.15, 0.2) is 0 Å². The van der Waals surface area contributed by atoms with Crippen LogP contribution in [0.3, 0.4) is 0 Å². The van der Waals surface area contributed by atoms with Gasteiger partial charge in [0.25, 0.3) is 0 Å². The van der Waals surface area contributed by atoms with Gasteiger partial charge in [-0.3, -0.25) is 19.2 Å². The minimum atomic E-state index is -1.40. The average Bonchev–Trinajstić information content (AvgIpc) is 4.03. The van der Waals surface area contributed by atoms with Gasteiger partial charge in [0.1, 0.15) is 17.4 Å². The smallest absolute Gasteiger partial charge is 0.353 e. The van der Waals surface area contributed by atoms with E-state index in [-0.39, 0.29) is 58.5 Å². The van der Waals surface area contributed by atoms with Crippen LogP contribution in [0.15, 0.2) is 69.7 Å². The Hall–Kier alpha value is -5.94. The van der Waals surface area contributed by atoms with Crippen molar-refractivity contribution in [1.29, 1.82) is 0 Å². The molecule has 0 bridgehead atoms. The summed E-state index contributed by atoms with van der Waals surface area (Å²) in [5.41, 5.74) is -0.147. The number of benzene rings is 2. The highest BCUT2D eigenvalue weighted by molar-refractivity contribution is 8.04. The molecule has 66 heavy (non-hydrogen) atoms. The molecule has 0 spiro atoms. The van der Waals surface area contributed by atoms with Gasteiger partial charge in [0.05, 0.1) is 47.3 Å². The Labute approximate surface area is 386 Å². The summed E-state index contributed by atoms with van der Waals surface area (Å²) in [6.07, 6.45) is -2.20. The van der Waals surface area contributed by atoms with Gasteiger partial charge in [-0.2, -0.15) is 0 Å². The van der Waals surface area contributed by atoms with Gasteiger partial charge < -0.3 is 61.7 Å². The number of aliphatic carboxylic acids is 2. The molecule has 0 radical (unpaired) electrons. The zero-order valence-electron chi connectivity index (χ0n) is 36.0. The molecule has 7 rings (SSSR count). The molecule has 12 atom stereocenters. The molecule has 2 aromatic rings. The Morgan fingerprint density at radius 1 is 0.758 bits per heavy atom. The molecule has 5 aliphatic heterocycles. The third-order valence-electron chi connectivity index (χ3n) is 12.8. The molecule has 3 fully saturated rings. The number of hydrogen-bond donors (Lipinski definition) is 10. The van der Waals surface area contributed by atoms with E-state index in [4.69, 9.17) is 0 Å². The fourth-order valence-corrected chi connectivity index (χ4v) is 12.6. The van der Waals surface area contributed by atoms with E-state index >= 15 is 0 Å². The first kappa shape index (κ1) is 48.0. The number of nitrogens with zero attached hydrogens (tertiary/aromatic N) is 2. The maximum atomic E-state index is 15.0. The molecule has 0 aliphatic carbocycles. The van der Waals surface area contributed by atoms with Crippen molar-refractivity contribution in [3.05, 3.63) is 80.9 Å². The van der Waals surface area contributed by atoms with E-state index in [9.17, 15) is 69.0 Å². The molecule has 20 nitrogen and oxygen atoms in total. The van der Waals surface area contributed by atoms with Gasteiger partial charge in [-0.05, 0) is 63.1 Å². The summed E-state index contributed by atoms with van der Waals surface area (Å²) in [5.74, 6) is -10.8. The molecule has 1 unspecified atom stereocenters. The van der Waals surface area contributed by atoms with E-state index < -0.39 is 113 Å². The number of likely N-dealkylation sites (tertiary alicyclic amines) is 1. The van der Waals surface area contributed by atoms with Gasteiger partial charge in [0.2, 0.25) is 23.6 Å². The molecule has 352 valence electrons. The van der Waals surface area contributed by atoms with Crippen LogP contribution in [-0.2, 0) is 28.8 Å². The summed E-state index contributed by atoms with van der Waals surface area (Å²) in [6.45, 7) is 6.44. The number of rotatable bonds is 16. The number of aromatic carboxylic acids is 2. The summed E-state index contributed by atoms with van der Waals surface area (Å²) in [5, 5.41) is 71.9. The summed E-state index contributed by atoms with van der Waals surface area (Å²) in [7, 11) is 0. The number of fused-ring (bicyclic) bond motifs is 1. The van der Waals surface area contributed by atoms with E-state index in [0.717, 1.165) is 11.8 Å². The zero-order chi connectivity index (χ0) is 48.0. The lowest BCUT2D eigenvalue weighted by atomic mass is 9.79. The molecule has 0 saturated carbocycles. The van der Waals surface area contributed by atoms with Crippen molar-refractivity contribution >= 4 is 82.4 Å². The number of carboxylic acid groups (broad SMARTS) is 4. The van der Waals surface area contributed by atoms with Gasteiger partial charge in [-0.25, -0.2) is 19.2 Å². The van der Waals surface area contributed by atoms with Crippen LogP contribution in [0.1, 0.15) is 61.3 Å². The van der Waals surface area contributed by atoms with E-state index in [2.05, 4.69) is 21.3 Å². The third kappa shape index (κ3) is 9.24. The Bertz CT molecular complexity index is 2440. The second kappa shape index (κ2) is 19.1. The molecule has 0 aromatic heterocycles. The van der Waals surface area contributed by atoms with Crippen molar-refractivity contribution in [2.45, 2.75) is 87.4 Å². The van der Waals surface area contributed by atoms with Crippen molar-refractivity contribution in [3.8, 4) is 0 Å². The number of aliphatic hydroxyl groups is 2. The van der Waals surface area contributed by atoms with E-state index in [1.807, 2.05) is 0 Å². The molecule has 3 saturated heterocycles. The van der Waals surface area contributed by atoms with Gasteiger partial charge in [-0.1, -0.05) is 26.0 Å². The lowest BCUT2D eigenvalue weighted by molar-refractivity contribution is -0.163. The van der Waals surface area contributed by atoms with Crippen molar-refractivity contribution in [1.82, 2.24) is 20.4 Å². The van der Waals surface area contributed by atoms with Crippen LogP contribution in [0, 0.1) is 23.7 Å². The lowest BCUT2D eigenvalue weighted by Gasteiger charge is -2.46. The quantitative estimate of drug-likeness (QED) is 0.107. The number of carboxylic acids is 4. The van der Waals surface area contributed by atoms with Crippen LogP contribution < -0.4 is 21.3 Å². The first-order valence-corrected chi connectivity index (χ1v) is 23.0. The Balaban J connectivity index is 1.12. The Morgan fingerprint density at radius 2 is 1.35 bits per heavy atom. The number of thioether (sulfide) groups is 2. The average molecular weight is 951 g/mol. The number of β-lactam (4-membered cyclic amide) rings is 1. The highest BCUT2D eigenvalue weighted by Crippen LogP contribution is 2.52. The molecule has 2 aromatic carbocycles. The largest absolute Gasteiger partial charge is 0.478 e. The minimum Gasteiger partial charge on any atom is -0.478 e. The summed E-state index contributed by atoms with van der Waals surface area (Å²) in [4.78, 5) is 107. The van der Waals surface area contributed by atoms with Gasteiger partial charge in [-0.15, -0.1) is 23.5 Å². The van der Waals surface area contributed by atoms with Crippen molar-refractivity contribution in [3.63, 3.8) is 0 Å². The van der Waals surface area contributed by atoms with E-state index in [1.165, 1.54) is 77.9 Å². The van der Waals surface area contributed by atoms with Crippen LogP contribution in [0.5, 0.6) is 0 Å². The molecular weight excluding hydrogens is 901 g/mol. The summed E-state index contributed by atoms with van der Waals surface area (Å²) >= 11 is 2.31. The second-order valence-electron chi connectivity index (χ2n) is 17.2. The number of carbonyl (C=O) groups is 8. The Morgan fingerprint density at radius 3 is 1.89 bits per heavy atom. The van der Waals surface area contributed by atoms with Crippen LogP contribution in [0.25, 0.3) is 0 Å².